The van der Waals surface area contributed by atoms with Gasteiger partial charge in [-0.25, -0.2) is 4.98 Å². The van der Waals surface area contributed by atoms with Crippen molar-refractivity contribution >= 4 is 17.2 Å². The van der Waals surface area contributed by atoms with E-state index < -0.39 is 0 Å². The van der Waals surface area contributed by atoms with Crippen LogP contribution < -0.4 is 5.73 Å². The lowest BCUT2D eigenvalue weighted by Gasteiger charge is -2.15. The van der Waals surface area contributed by atoms with Crippen LogP contribution in [0.1, 0.15) is 53.0 Å². The third kappa shape index (κ3) is 2.49. The number of hydrogen-bond donors (Lipinski definition) is 1. The first kappa shape index (κ1) is 14.0. The van der Waals surface area contributed by atoms with Gasteiger partial charge in [-0.15, -0.1) is 11.3 Å². The van der Waals surface area contributed by atoms with Gasteiger partial charge in [0.25, 0.3) is 5.91 Å². The Labute approximate surface area is 124 Å². The molecule has 1 aliphatic heterocycles. The Balaban J connectivity index is 1.76. The van der Waals surface area contributed by atoms with Crippen LogP contribution in [0.15, 0.2) is 0 Å². The Morgan fingerprint density at radius 3 is 2.65 bits per heavy atom. The van der Waals surface area contributed by atoms with Crippen LogP contribution in [0.5, 0.6) is 0 Å². The summed E-state index contributed by atoms with van der Waals surface area (Å²) in [4.78, 5) is 20.0. The van der Waals surface area contributed by atoms with Gasteiger partial charge >= 0.3 is 0 Å². The maximum atomic E-state index is 12.7. The highest BCUT2D eigenvalue weighted by molar-refractivity contribution is 7.13. The molecule has 2 fully saturated rings. The SMILES string of the molecule is Cc1nc(C(C)C)sc1C(=O)N1C[C@H](C2CC2)[C@@H](N)C1. The van der Waals surface area contributed by atoms with E-state index in [1.807, 2.05) is 11.8 Å². The van der Waals surface area contributed by atoms with E-state index in [4.69, 9.17) is 5.73 Å². The Morgan fingerprint density at radius 1 is 1.40 bits per heavy atom. The van der Waals surface area contributed by atoms with Gasteiger partial charge in [0.1, 0.15) is 4.88 Å². The first-order valence-electron chi connectivity index (χ1n) is 7.49. The molecule has 1 aromatic heterocycles. The number of hydrogen-bond acceptors (Lipinski definition) is 4. The second kappa shape index (κ2) is 5.11. The summed E-state index contributed by atoms with van der Waals surface area (Å²) >= 11 is 1.55. The van der Waals surface area contributed by atoms with Crippen LogP contribution >= 0.6 is 11.3 Å². The van der Waals surface area contributed by atoms with E-state index in [0.717, 1.165) is 28.0 Å². The van der Waals surface area contributed by atoms with Gasteiger partial charge in [-0.3, -0.25) is 4.79 Å². The zero-order valence-electron chi connectivity index (χ0n) is 12.4. The highest BCUT2D eigenvalue weighted by atomic mass is 32.1. The average Bonchev–Trinajstić information content (AvgIpc) is 3.05. The quantitative estimate of drug-likeness (QED) is 0.931. The number of aryl methyl sites for hydroxylation is 1. The monoisotopic (exact) mass is 293 g/mol. The molecule has 110 valence electrons. The van der Waals surface area contributed by atoms with Crippen LogP contribution in [0, 0.1) is 18.8 Å². The molecule has 0 spiro atoms. The largest absolute Gasteiger partial charge is 0.336 e. The van der Waals surface area contributed by atoms with Crippen molar-refractivity contribution in [2.24, 2.45) is 17.6 Å². The van der Waals surface area contributed by atoms with Crippen LogP contribution in [-0.2, 0) is 0 Å². The lowest BCUT2D eigenvalue weighted by molar-refractivity contribution is 0.0788. The van der Waals surface area contributed by atoms with E-state index in [0.29, 0.717) is 18.4 Å². The summed E-state index contributed by atoms with van der Waals surface area (Å²) in [6.07, 6.45) is 2.58. The molecule has 0 bridgehead atoms. The summed E-state index contributed by atoms with van der Waals surface area (Å²) in [5.41, 5.74) is 7.08. The first-order chi connectivity index (χ1) is 9.47. The Hall–Kier alpha value is -0.940. The van der Waals surface area contributed by atoms with Gasteiger partial charge in [-0.05, 0) is 31.6 Å². The number of thiazole rings is 1. The smallest absolute Gasteiger partial charge is 0.265 e. The molecule has 2 atom stereocenters. The van der Waals surface area contributed by atoms with Crippen molar-refractivity contribution in [2.45, 2.75) is 45.6 Å². The lowest BCUT2D eigenvalue weighted by Crippen LogP contribution is -2.32. The standard InChI is InChI=1S/C15H23N3OS/c1-8(2)14-17-9(3)13(20-14)15(19)18-6-11(10-4-5-10)12(16)7-18/h8,10-12H,4-7,16H2,1-3H3/t11-,12+/m1/s1. The van der Waals surface area contributed by atoms with Gasteiger partial charge in [0.05, 0.1) is 10.7 Å². The number of amides is 1. The molecule has 0 unspecified atom stereocenters. The van der Waals surface area contributed by atoms with Gasteiger partial charge in [0, 0.05) is 25.0 Å². The zero-order valence-corrected chi connectivity index (χ0v) is 13.2. The van der Waals surface area contributed by atoms with E-state index in [1.54, 1.807) is 11.3 Å². The summed E-state index contributed by atoms with van der Waals surface area (Å²) < 4.78 is 0. The van der Waals surface area contributed by atoms with Gasteiger partial charge in [-0.1, -0.05) is 13.8 Å². The number of rotatable bonds is 3. The minimum atomic E-state index is 0.130. The number of nitrogens with zero attached hydrogens (tertiary/aromatic N) is 2. The summed E-state index contributed by atoms with van der Waals surface area (Å²) in [6, 6.07) is 0.157. The van der Waals surface area contributed by atoms with Crippen LogP contribution in [0.2, 0.25) is 0 Å². The molecular formula is C15H23N3OS. The molecule has 2 aliphatic rings. The molecule has 4 nitrogen and oxygen atoms in total. The fraction of sp³-hybridized carbons (Fsp3) is 0.733. The van der Waals surface area contributed by atoms with Crippen molar-refractivity contribution in [1.82, 2.24) is 9.88 Å². The number of carbonyl (C=O) groups is 1. The van der Waals surface area contributed by atoms with Crippen molar-refractivity contribution in [2.75, 3.05) is 13.1 Å². The van der Waals surface area contributed by atoms with Gasteiger partial charge < -0.3 is 10.6 Å². The zero-order chi connectivity index (χ0) is 14.4. The summed E-state index contributed by atoms with van der Waals surface area (Å²) in [5.74, 6) is 1.78. The van der Waals surface area contributed by atoms with Crippen LogP contribution in [0.4, 0.5) is 0 Å². The third-order valence-electron chi connectivity index (χ3n) is 4.43. The molecule has 2 N–H and O–H groups in total. The van der Waals surface area contributed by atoms with E-state index in [2.05, 4.69) is 18.8 Å². The summed E-state index contributed by atoms with van der Waals surface area (Å²) in [7, 11) is 0. The Morgan fingerprint density at radius 2 is 2.10 bits per heavy atom. The normalized spacial score (nSPS) is 26.6. The molecule has 1 aliphatic carbocycles. The fourth-order valence-corrected chi connectivity index (χ4v) is 4.09. The molecule has 1 saturated heterocycles. The van der Waals surface area contributed by atoms with Gasteiger partial charge in [0.15, 0.2) is 0 Å². The second-order valence-corrected chi connectivity index (χ2v) is 7.53. The molecule has 1 amide bonds. The van der Waals surface area contributed by atoms with Crippen molar-refractivity contribution in [1.29, 1.82) is 0 Å². The van der Waals surface area contributed by atoms with Crippen molar-refractivity contribution in [3.05, 3.63) is 15.6 Å². The first-order valence-corrected chi connectivity index (χ1v) is 8.31. The van der Waals surface area contributed by atoms with E-state index in [1.165, 1.54) is 12.8 Å². The van der Waals surface area contributed by atoms with Gasteiger partial charge in [0.2, 0.25) is 0 Å². The number of nitrogens with two attached hydrogens (primary N) is 1. The van der Waals surface area contributed by atoms with Crippen LogP contribution in [0.25, 0.3) is 0 Å². The highest BCUT2D eigenvalue weighted by Gasteiger charge is 2.42. The predicted octanol–water partition coefficient (Wildman–Crippen LogP) is 2.38. The molecule has 1 saturated carbocycles. The summed E-state index contributed by atoms with van der Waals surface area (Å²) in [5, 5.41) is 1.05. The number of carbonyl (C=O) groups excluding carboxylic acids is 1. The van der Waals surface area contributed by atoms with Crippen molar-refractivity contribution < 1.29 is 4.79 Å². The Kier molecular flexibility index (Phi) is 3.58. The molecule has 2 heterocycles. The average molecular weight is 293 g/mol. The van der Waals surface area contributed by atoms with Crippen LogP contribution in [0.3, 0.4) is 0 Å². The Bertz CT molecular complexity index is 521. The maximum Gasteiger partial charge on any atom is 0.265 e. The topological polar surface area (TPSA) is 59.2 Å². The molecule has 20 heavy (non-hydrogen) atoms. The second-order valence-electron chi connectivity index (χ2n) is 6.50. The predicted molar refractivity (Wildman–Crippen MR) is 81.0 cm³/mol. The molecule has 5 heteroatoms. The molecule has 0 aromatic carbocycles. The summed E-state index contributed by atoms with van der Waals surface area (Å²) in [6.45, 7) is 7.69. The molecular weight excluding hydrogens is 270 g/mol. The minimum absolute atomic E-state index is 0.130. The molecule has 3 rings (SSSR count). The van der Waals surface area contributed by atoms with E-state index in [-0.39, 0.29) is 11.9 Å². The minimum Gasteiger partial charge on any atom is -0.336 e. The fourth-order valence-electron chi connectivity index (χ4n) is 3.05. The van der Waals surface area contributed by atoms with Crippen molar-refractivity contribution in [3.63, 3.8) is 0 Å². The molecule has 0 radical (unpaired) electrons. The van der Waals surface area contributed by atoms with E-state index in [9.17, 15) is 4.79 Å². The van der Waals surface area contributed by atoms with Crippen LogP contribution in [-0.4, -0.2) is 34.9 Å². The lowest BCUT2D eigenvalue weighted by atomic mass is 9.99. The third-order valence-corrected chi connectivity index (χ3v) is 5.87. The number of likely N-dealkylation sites (tertiary alicyclic amines) is 1. The van der Waals surface area contributed by atoms with Gasteiger partial charge in [-0.2, -0.15) is 0 Å². The van der Waals surface area contributed by atoms with Crippen molar-refractivity contribution in [3.8, 4) is 0 Å². The molecule has 1 aromatic rings. The van der Waals surface area contributed by atoms with E-state index >= 15 is 0 Å². The maximum absolute atomic E-state index is 12.7. The highest BCUT2D eigenvalue weighted by Crippen LogP contribution is 2.41. The number of aromatic nitrogens is 1.